The minimum Gasteiger partial charge on any atom is -0.349 e. The second-order valence-corrected chi connectivity index (χ2v) is 8.22. The van der Waals surface area contributed by atoms with Gasteiger partial charge in [0.25, 0.3) is 5.91 Å². The molecule has 0 spiro atoms. The third-order valence-corrected chi connectivity index (χ3v) is 6.19. The van der Waals surface area contributed by atoms with E-state index in [2.05, 4.69) is 20.7 Å². The monoisotopic (exact) mass is 480 g/mol. The van der Waals surface area contributed by atoms with Crippen molar-refractivity contribution in [2.75, 3.05) is 24.5 Å². The van der Waals surface area contributed by atoms with Crippen molar-refractivity contribution in [3.8, 4) is 0 Å². The fraction of sp³-hybridized carbons (Fsp3) is 0.409. The highest BCUT2D eigenvalue weighted by Crippen LogP contribution is 2.36. The summed E-state index contributed by atoms with van der Waals surface area (Å²) in [5, 5.41) is 9.89. The van der Waals surface area contributed by atoms with E-state index >= 15 is 0 Å². The third kappa shape index (κ3) is 4.49. The zero-order chi connectivity index (χ0) is 22.2. The number of hydrogen-bond acceptors (Lipinski definition) is 5. The van der Waals surface area contributed by atoms with E-state index in [0.29, 0.717) is 37.4 Å². The van der Waals surface area contributed by atoms with Crippen LogP contribution in [-0.4, -0.2) is 52.4 Å². The number of carbonyl (C=O) groups is 1. The molecule has 2 fully saturated rings. The first kappa shape index (κ1) is 23.3. The van der Waals surface area contributed by atoms with Crippen molar-refractivity contribution >= 4 is 29.8 Å². The van der Waals surface area contributed by atoms with Crippen LogP contribution in [0.5, 0.6) is 0 Å². The second kappa shape index (κ2) is 9.56. The van der Waals surface area contributed by atoms with Crippen LogP contribution >= 0.6 is 12.4 Å². The van der Waals surface area contributed by atoms with Crippen LogP contribution in [0.15, 0.2) is 36.7 Å². The molecular formula is C22H24ClF3N6O. The minimum absolute atomic E-state index is 0. The number of nitrogens with zero attached hydrogens (tertiary/aromatic N) is 4. The van der Waals surface area contributed by atoms with Crippen molar-refractivity contribution < 1.29 is 18.0 Å². The first-order valence-corrected chi connectivity index (χ1v) is 10.7. The molecule has 1 unspecified atom stereocenters. The number of alkyl halides is 1. The lowest BCUT2D eigenvalue weighted by Crippen LogP contribution is -2.50. The first-order valence-electron chi connectivity index (χ1n) is 10.7. The van der Waals surface area contributed by atoms with E-state index in [-0.39, 0.29) is 36.1 Å². The van der Waals surface area contributed by atoms with Crippen molar-refractivity contribution in [1.29, 1.82) is 0 Å². The summed E-state index contributed by atoms with van der Waals surface area (Å²) < 4.78 is 43.8. The Kier molecular flexibility index (Phi) is 6.76. The molecule has 3 aromatic rings. The largest absolute Gasteiger partial charge is 0.349 e. The maximum atomic E-state index is 14.4. The highest BCUT2D eigenvalue weighted by Gasteiger charge is 2.31. The van der Waals surface area contributed by atoms with Gasteiger partial charge >= 0.3 is 0 Å². The summed E-state index contributed by atoms with van der Waals surface area (Å²) in [6, 6.07) is 4.27. The predicted molar refractivity (Wildman–Crippen MR) is 120 cm³/mol. The summed E-state index contributed by atoms with van der Waals surface area (Å²) in [6.45, 7) is 1.46. The molecule has 2 aliphatic heterocycles. The maximum Gasteiger partial charge on any atom is 0.257 e. The number of rotatable bonds is 4. The normalized spacial score (nSPS) is 22.9. The molecule has 2 aliphatic rings. The molecule has 0 aliphatic carbocycles. The average molecular weight is 481 g/mol. The Labute approximate surface area is 194 Å². The number of fused-ring (bicyclic) bond motifs is 1. The minimum atomic E-state index is -1.16. The molecule has 33 heavy (non-hydrogen) atoms. The van der Waals surface area contributed by atoms with Crippen LogP contribution < -0.4 is 15.5 Å². The molecule has 2 N–H and O–H groups in total. The highest BCUT2D eigenvalue weighted by atomic mass is 35.5. The summed E-state index contributed by atoms with van der Waals surface area (Å²) in [5.41, 5.74) is 0.857. The number of aromatic nitrogens is 3. The van der Waals surface area contributed by atoms with Gasteiger partial charge in [0.1, 0.15) is 29.2 Å². The zero-order valence-corrected chi connectivity index (χ0v) is 18.5. The smallest absolute Gasteiger partial charge is 0.257 e. The van der Waals surface area contributed by atoms with E-state index in [1.807, 2.05) is 4.90 Å². The molecular weight excluding hydrogens is 457 g/mol. The van der Waals surface area contributed by atoms with E-state index in [1.165, 1.54) is 16.8 Å². The molecule has 11 heteroatoms. The molecule has 0 bridgehead atoms. The predicted octanol–water partition coefficient (Wildman–Crippen LogP) is 3.20. The van der Waals surface area contributed by atoms with Gasteiger partial charge in [-0.2, -0.15) is 5.10 Å². The van der Waals surface area contributed by atoms with Crippen molar-refractivity contribution in [3.05, 3.63) is 59.4 Å². The summed E-state index contributed by atoms with van der Waals surface area (Å²) in [4.78, 5) is 19.4. The van der Waals surface area contributed by atoms with E-state index in [9.17, 15) is 18.0 Å². The van der Waals surface area contributed by atoms with Crippen LogP contribution in [0.25, 0.3) is 5.65 Å². The fourth-order valence-corrected chi connectivity index (χ4v) is 4.54. The molecule has 2 aromatic heterocycles. The third-order valence-electron chi connectivity index (χ3n) is 6.19. The van der Waals surface area contributed by atoms with E-state index in [4.69, 9.17) is 0 Å². The van der Waals surface area contributed by atoms with Crippen molar-refractivity contribution in [3.63, 3.8) is 0 Å². The number of hydrogen-bond donors (Lipinski definition) is 2. The van der Waals surface area contributed by atoms with Crippen LogP contribution in [0.2, 0.25) is 0 Å². The Morgan fingerprint density at radius 1 is 1.21 bits per heavy atom. The lowest BCUT2D eigenvalue weighted by atomic mass is 10.0. The quantitative estimate of drug-likeness (QED) is 0.600. The summed E-state index contributed by atoms with van der Waals surface area (Å²) in [7, 11) is 0. The SMILES string of the molecule is Cl.O=C(N[C@@H]1CCNC[C@@H]1F)c1cnn2ccc(N3CCCC3c3cc(F)ccc3F)nc12. The number of benzene rings is 1. The summed E-state index contributed by atoms with van der Waals surface area (Å²) in [6.07, 6.45) is 3.88. The fourth-order valence-electron chi connectivity index (χ4n) is 4.54. The van der Waals surface area contributed by atoms with Crippen LogP contribution in [0.4, 0.5) is 19.0 Å². The van der Waals surface area contributed by atoms with Gasteiger partial charge in [-0.1, -0.05) is 0 Å². The number of anilines is 1. The molecule has 7 nitrogen and oxygen atoms in total. The van der Waals surface area contributed by atoms with Crippen LogP contribution in [0.1, 0.15) is 41.2 Å². The van der Waals surface area contributed by atoms with Gasteiger partial charge in [-0.3, -0.25) is 4.79 Å². The molecule has 1 amide bonds. The van der Waals surface area contributed by atoms with Crippen LogP contribution in [0.3, 0.4) is 0 Å². The lowest BCUT2D eigenvalue weighted by Gasteiger charge is -2.27. The van der Waals surface area contributed by atoms with Crippen molar-refractivity contribution in [2.24, 2.45) is 0 Å². The number of amides is 1. The van der Waals surface area contributed by atoms with Crippen molar-refractivity contribution in [1.82, 2.24) is 25.2 Å². The van der Waals surface area contributed by atoms with Gasteiger partial charge in [-0.05, 0) is 50.1 Å². The topological polar surface area (TPSA) is 74.6 Å². The van der Waals surface area contributed by atoms with Gasteiger partial charge in [0.2, 0.25) is 0 Å². The number of nitrogens with one attached hydrogen (secondary N) is 2. The summed E-state index contributed by atoms with van der Waals surface area (Å²) in [5.74, 6) is -0.844. The molecule has 5 rings (SSSR count). The molecule has 2 saturated heterocycles. The van der Waals surface area contributed by atoms with E-state index in [0.717, 1.165) is 18.6 Å². The summed E-state index contributed by atoms with van der Waals surface area (Å²) >= 11 is 0. The number of halogens is 4. The Bertz CT molecular complexity index is 1160. The number of piperidine rings is 1. The Balaban J connectivity index is 0.00000259. The van der Waals surface area contributed by atoms with Crippen LogP contribution in [0, 0.1) is 11.6 Å². The molecule has 0 saturated carbocycles. The standard InChI is InChI=1S/C22H23F3N6O.ClH/c23-13-3-4-16(24)14(10-13)19-2-1-8-30(19)20-6-9-31-21(29-20)15(11-27-31)22(32)28-18-5-7-26-12-17(18)25;/h3-4,6,9-11,17-19,26H,1-2,5,7-8,12H2,(H,28,32);1H/t17-,18+,19?;/m0./s1. The van der Waals surface area contributed by atoms with Gasteiger partial charge in [0.05, 0.1) is 18.3 Å². The molecule has 1 aromatic carbocycles. The van der Waals surface area contributed by atoms with Crippen molar-refractivity contribution in [2.45, 2.75) is 37.5 Å². The second-order valence-electron chi connectivity index (χ2n) is 8.22. The zero-order valence-electron chi connectivity index (χ0n) is 17.7. The highest BCUT2D eigenvalue weighted by molar-refractivity contribution is 6.00. The van der Waals surface area contributed by atoms with Gasteiger partial charge in [0, 0.05) is 24.8 Å². The van der Waals surface area contributed by atoms with Gasteiger partial charge in [-0.25, -0.2) is 22.7 Å². The maximum absolute atomic E-state index is 14.4. The molecule has 4 heterocycles. The molecule has 0 radical (unpaired) electrons. The molecule has 176 valence electrons. The van der Waals surface area contributed by atoms with E-state index < -0.39 is 29.8 Å². The molecule has 3 atom stereocenters. The van der Waals surface area contributed by atoms with Crippen LogP contribution in [-0.2, 0) is 0 Å². The van der Waals surface area contributed by atoms with Gasteiger partial charge in [-0.15, -0.1) is 12.4 Å². The Hall–Kier alpha value is -2.85. The lowest BCUT2D eigenvalue weighted by molar-refractivity contribution is 0.0893. The van der Waals surface area contributed by atoms with E-state index in [1.54, 1.807) is 12.3 Å². The average Bonchev–Trinajstić information content (AvgIpc) is 3.43. The number of carbonyl (C=O) groups excluding carboxylic acids is 1. The van der Waals surface area contributed by atoms with Gasteiger partial charge in [0.15, 0.2) is 5.65 Å². The Morgan fingerprint density at radius 3 is 2.88 bits per heavy atom. The first-order chi connectivity index (χ1) is 15.5. The Morgan fingerprint density at radius 2 is 2.06 bits per heavy atom. The van der Waals surface area contributed by atoms with Gasteiger partial charge < -0.3 is 15.5 Å².